The van der Waals surface area contributed by atoms with E-state index in [0.29, 0.717) is 16.4 Å². The van der Waals surface area contributed by atoms with Crippen molar-refractivity contribution in [2.75, 3.05) is 5.43 Å². The third-order valence-electron chi connectivity index (χ3n) is 3.40. The molecule has 2 N–H and O–H groups in total. The molecule has 0 aliphatic heterocycles. The summed E-state index contributed by atoms with van der Waals surface area (Å²) in [7, 11) is 0. The van der Waals surface area contributed by atoms with Crippen LogP contribution in [0.2, 0.25) is 5.02 Å². The first-order valence-electron chi connectivity index (χ1n) is 7.05. The molecule has 2 aromatic carbocycles. The zero-order chi connectivity index (χ0) is 16.2. The smallest absolute Gasteiger partial charge is 0.288 e. The number of para-hydroxylation sites is 1. The van der Waals surface area contributed by atoms with Gasteiger partial charge in [0.1, 0.15) is 5.69 Å². The normalized spacial score (nSPS) is 10.3. The Morgan fingerprint density at radius 2 is 1.96 bits per heavy atom. The van der Waals surface area contributed by atoms with Gasteiger partial charge in [0.25, 0.3) is 5.91 Å². The lowest BCUT2D eigenvalue weighted by atomic mass is 10.2. The van der Waals surface area contributed by atoms with Crippen molar-refractivity contribution in [3.05, 3.63) is 77.3 Å². The van der Waals surface area contributed by atoms with E-state index in [1.165, 1.54) is 6.20 Å². The van der Waals surface area contributed by atoms with Crippen LogP contribution in [0.15, 0.2) is 61.1 Å². The number of hydrazine groups is 1. The number of aromatic nitrogens is 2. The minimum absolute atomic E-state index is 0.289. The van der Waals surface area contributed by atoms with E-state index >= 15 is 0 Å². The number of hydrogen-bond donors (Lipinski definition) is 2. The highest BCUT2D eigenvalue weighted by Gasteiger charge is 2.12. The number of carbonyl (C=O) groups is 1. The van der Waals surface area contributed by atoms with Gasteiger partial charge in [0.05, 0.1) is 18.2 Å². The number of nitrogens with one attached hydrogen (secondary N) is 2. The van der Waals surface area contributed by atoms with Crippen LogP contribution in [0, 0.1) is 6.92 Å². The number of hydrogen-bond acceptors (Lipinski definition) is 3. The van der Waals surface area contributed by atoms with Gasteiger partial charge >= 0.3 is 0 Å². The number of rotatable bonds is 4. The first-order valence-corrected chi connectivity index (χ1v) is 7.43. The SMILES string of the molecule is Cc1ccc(NNC(=O)c2cncn2-c2ccccc2)cc1Cl. The lowest BCUT2D eigenvalue weighted by Gasteiger charge is -2.11. The molecule has 0 radical (unpaired) electrons. The van der Waals surface area contributed by atoms with E-state index < -0.39 is 0 Å². The summed E-state index contributed by atoms with van der Waals surface area (Å²) in [6.45, 7) is 1.92. The van der Waals surface area contributed by atoms with Gasteiger partial charge in [-0.25, -0.2) is 4.98 Å². The van der Waals surface area contributed by atoms with Gasteiger partial charge in [0.15, 0.2) is 0 Å². The second-order valence-electron chi connectivity index (χ2n) is 5.03. The maximum absolute atomic E-state index is 12.4. The average Bonchev–Trinajstić information content (AvgIpc) is 3.06. The molecule has 3 aromatic rings. The molecule has 0 saturated carbocycles. The molecule has 0 bridgehead atoms. The Kier molecular flexibility index (Phi) is 4.30. The Balaban J connectivity index is 1.74. The van der Waals surface area contributed by atoms with Crippen LogP contribution in [0.25, 0.3) is 5.69 Å². The van der Waals surface area contributed by atoms with Crippen LogP contribution < -0.4 is 10.9 Å². The minimum atomic E-state index is -0.289. The summed E-state index contributed by atoms with van der Waals surface area (Å²) in [4.78, 5) is 16.4. The van der Waals surface area contributed by atoms with Gasteiger partial charge in [-0.3, -0.25) is 20.2 Å². The molecule has 0 aliphatic carbocycles. The zero-order valence-electron chi connectivity index (χ0n) is 12.5. The lowest BCUT2D eigenvalue weighted by molar-refractivity contribution is 0.0956. The van der Waals surface area contributed by atoms with E-state index in [1.54, 1.807) is 17.0 Å². The molecule has 1 heterocycles. The number of nitrogens with zero attached hydrogens (tertiary/aromatic N) is 2. The molecule has 0 saturated heterocycles. The van der Waals surface area contributed by atoms with Crippen molar-refractivity contribution in [3.63, 3.8) is 0 Å². The van der Waals surface area contributed by atoms with Crippen LogP contribution >= 0.6 is 11.6 Å². The molecular formula is C17H15ClN4O. The van der Waals surface area contributed by atoms with Gasteiger partial charge < -0.3 is 0 Å². The Labute approximate surface area is 138 Å². The van der Waals surface area contributed by atoms with Crippen molar-refractivity contribution in [1.29, 1.82) is 0 Å². The van der Waals surface area contributed by atoms with Crippen molar-refractivity contribution in [1.82, 2.24) is 15.0 Å². The number of amides is 1. The summed E-state index contributed by atoms with van der Waals surface area (Å²) in [6.07, 6.45) is 3.12. The molecule has 0 fully saturated rings. The van der Waals surface area contributed by atoms with Gasteiger partial charge in [0.2, 0.25) is 0 Å². The van der Waals surface area contributed by atoms with Crippen LogP contribution in [0.1, 0.15) is 16.1 Å². The number of halogens is 1. The van der Waals surface area contributed by atoms with Gasteiger partial charge in [-0.1, -0.05) is 35.9 Å². The molecule has 6 heteroatoms. The standard InChI is InChI=1S/C17H15ClN4O/c1-12-7-8-13(9-15(12)18)20-21-17(23)16-10-19-11-22(16)14-5-3-2-4-6-14/h2-11,20H,1H3,(H,21,23). The molecule has 116 valence electrons. The van der Waals surface area contributed by atoms with E-state index in [2.05, 4.69) is 15.8 Å². The van der Waals surface area contributed by atoms with Crippen molar-refractivity contribution in [2.24, 2.45) is 0 Å². The van der Waals surface area contributed by atoms with Crippen molar-refractivity contribution in [2.45, 2.75) is 6.92 Å². The van der Waals surface area contributed by atoms with E-state index in [9.17, 15) is 4.79 Å². The Morgan fingerprint density at radius 1 is 1.17 bits per heavy atom. The molecule has 1 amide bonds. The predicted octanol–water partition coefficient (Wildman–Crippen LogP) is 3.59. The molecule has 0 atom stereocenters. The maximum atomic E-state index is 12.4. The van der Waals surface area contributed by atoms with E-state index in [4.69, 9.17) is 11.6 Å². The fourth-order valence-corrected chi connectivity index (χ4v) is 2.30. The summed E-state index contributed by atoms with van der Waals surface area (Å²) in [6, 6.07) is 15.0. The summed E-state index contributed by atoms with van der Waals surface area (Å²) >= 11 is 6.07. The highest BCUT2D eigenvalue weighted by atomic mass is 35.5. The number of carbonyl (C=O) groups excluding carboxylic acids is 1. The molecule has 23 heavy (non-hydrogen) atoms. The molecule has 0 aliphatic rings. The average molecular weight is 327 g/mol. The topological polar surface area (TPSA) is 58.9 Å². The number of aryl methyl sites for hydroxylation is 1. The quantitative estimate of drug-likeness (QED) is 0.720. The first kappa shape index (κ1) is 15.1. The zero-order valence-corrected chi connectivity index (χ0v) is 13.2. The highest BCUT2D eigenvalue weighted by Crippen LogP contribution is 2.19. The number of imidazole rings is 1. The second kappa shape index (κ2) is 6.54. The summed E-state index contributed by atoms with van der Waals surface area (Å²) in [5.41, 5.74) is 8.49. The molecule has 3 rings (SSSR count). The van der Waals surface area contributed by atoms with Crippen LogP contribution in [-0.4, -0.2) is 15.5 Å². The lowest BCUT2D eigenvalue weighted by Crippen LogP contribution is -2.30. The van der Waals surface area contributed by atoms with E-state index in [0.717, 1.165) is 11.3 Å². The van der Waals surface area contributed by atoms with Crippen molar-refractivity contribution < 1.29 is 4.79 Å². The van der Waals surface area contributed by atoms with Crippen LogP contribution in [-0.2, 0) is 0 Å². The largest absolute Gasteiger partial charge is 0.298 e. The third kappa shape index (κ3) is 3.35. The molecule has 0 spiro atoms. The molecule has 1 aromatic heterocycles. The summed E-state index contributed by atoms with van der Waals surface area (Å²) in [5.74, 6) is -0.289. The second-order valence-corrected chi connectivity index (χ2v) is 5.43. The molecular weight excluding hydrogens is 312 g/mol. The fourth-order valence-electron chi connectivity index (χ4n) is 2.12. The summed E-state index contributed by atoms with van der Waals surface area (Å²) in [5, 5.41) is 0.638. The molecule has 0 unspecified atom stereocenters. The number of anilines is 1. The van der Waals surface area contributed by atoms with Crippen molar-refractivity contribution in [3.8, 4) is 5.69 Å². The van der Waals surface area contributed by atoms with Gasteiger partial charge in [-0.2, -0.15) is 0 Å². The van der Waals surface area contributed by atoms with Gasteiger partial charge in [-0.15, -0.1) is 0 Å². The Hall–Kier alpha value is -2.79. The Bertz CT molecular complexity index is 830. The minimum Gasteiger partial charge on any atom is -0.298 e. The molecule has 5 nitrogen and oxygen atoms in total. The Morgan fingerprint density at radius 3 is 2.70 bits per heavy atom. The van der Waals surface area contributed by atoms with E-state index in [-0.39, 0.29) is 5.91 Å². The van der Waals surface area contributed by atoms with Crippen LogP contribution in [0.3, 0.4) is 0 Å². The number of benzene rings is 2. The summed E-state index contributed by atoms with van der Waals surface area (Å²) < 4.78 is 1.72. The van der Waals surface area contributed by atoms with Gasteiger partial charge in [0, 0.05) is 10.7 Å². The highest BCUT2D eigenvalue weighted by molar-refractivity contribution is 6.31. The predicted molar refractivity (Wildman–Crippen MR) is 90.8 cm³/mol. The van der Waals surface area contributed by atoms with E-state index in [1.807, 2.05) is 49.4 Å². The van der Waals surface area contributed by atoms with Crippen LogP contribution in [0.4, 0.5) is 5.69 Å². The third-order valence-corrected chi connectivity index (χ3v) is 3.80. The van der Waals surface area contributed by atoms with Crippen molar-refractivity contribution >= 4 is 23.2 Å². The monoisotopic (exact) mass is 326 g/mol. The first-order chi connectivity index (χ1) is 11.1. The fraction of sp³-hybridized carbons (Fsp3) is 0.0588. The maximum Gasteiger partial charge on any atom is 0.288 e. The van der Waals surface area contributed by atoms with Gasteiger partial charge in [-0.05, 0) is 36.8 Å². The van der Waals surface area contributed by atoms with Crippen LogP contribution in [0.5, 0.6) is 0 Å².